The summed E-state index contributed by atoms with van der Waals surface area (Å²) in [7, 11) is -3.44. The van der Waals surface area contributed by atoms with Crippen molar-refractivity contribution in [3.05, 3.63) is 71.6 Å². The molecule has 2 nitrogen and oxygen atoms in total. The van der Waals surface area contributed by atoms with Gasteiger partial charge in [-0.2, -0.15) is 0 Å². The molecular weight excluding hydrogens is 312 g/mol. The van der Waals surface area contributed by atoms with Gasteiger partial charge >= 0.3 is 0 Å². The maximum atomic E-state index is 12.4. The van der Waals surface area contributed by atoms with Crippen LogP contribution in [0, 0.1) is 6.92 Å². The first-order valence-corrected chi connectivity index (χ1v) is 7.73. The van der Waals surface area contributed by atoms with Crippen LogP contribution in [0.15, 0.2) is 64.0 Å². The van der Waals surface area contributed by atoms with Crippen molar-refractivity contribution in [1.82, 2.24) is 0 Å². The van der Waals surface area contributed by atoms with Crippen molar-refractivity contribution < 1.29 is 8.42 Å². The molecule has 1 radical (unpaired) electrons. The summed E-state index contributed by atoms with van der Waals surface area (Å²) < 4.78 is 25.6. The molecule has 0 aliphatic heterocycles. The average Bonchev–Trinajstić information content (AvgIpc) is 2.39. The molecule has 1 unspecified atom stereocenters. The Morgan fingerprint density at radius 2 is 1.50 bits per heavy atom. The summed E-state index contributed by atoms with van der Waals surface area (Å²) in [6.07, 6.45) is 0. The van der Waals surface area contributed by atoms with Crippen LogP contribution in [0.3, 0.4) is 0 Å². The minimum atomic E-state index is -3.44. The van der Waals surface area contributed by atoms with Gasteiger partial charge in [0.05, 0.1) is 10.1 Å². The lowest BCUT2D eigenvalue weighted by molar-refractivity contribution is 0.590. The zero-order valence-electron chi connectivity index (χ0n) is 9.58. The zero-order valence-corrected chi connectivity index (χ0v) is 12.0. The quantitative estimate of drug-likeness (QED) is 0.861. The van der Waals surface area contributed by atoms with E-state index < -0.39 is 15.1 Å². The van der Waals surface area contributed by atoms with E-state index in [4.69, 9.17) is 0 Å². The molecule has 2 rings (SSSR count). The summed E-state index contributed by atoms with van der Waals surface area (Å²) >= 11 is 3.28. The van der Waals surface area contributed by atoms with Crippen molar-refractivity contribution >= 4 is 25.8 Å². The van der Waals surface area contributed by atoms with E-state index in [2.05, 4.69) is 22.9 Å². The molecule has 0 saturated heterocycles. The van der Waals surface area contributed by atoms with E-state index >= 15 is 0 Å². The lowest BCUT2D eigenvalue weighted by Gasteiger charge is -2.13. The van der Waals surface area contributed by atoms with Crippen LogP contribution in [0.5, 0.6) is 0 Å². The van der Waals surface area contributed by atoms with Gasteiger partial charge in [-0.15, -0.1) is 0 Å². The first kappa shape index (κ1) is 13.3. The maximum Gasteiger partial charge on any atom is 0.185 e. The number of benzene rings is 2. The molecular formula is C14H12BrO2S. The SMILES string of the molecule is [CH2]C(c1ccccc1)S(=O)(=O)c1ccc(Br)cc1. The molecule has 0 aromatic heterocycles. The molecule has 18 heavy (non-hydrogen) atoms. The van der Waals surface area contributed by atoms with E-state index in [1.54, 1.807) is 36.4 Å². The van der Waals surface area contributed by atoms with Gasteiger partial charge in [-0.1, -0.05) is 46.3 Å². The van der Waals surface area contributed by atoms with E-state index in [1.807, 2.05) is 18.2 Å². The molecule has 0 spiro atoms. The Kier molecular flexibility index (Phi) is 3.88. The van der Waals surface area contributed by atoms with Gasteiger partial charge in [-0.05, 0) is 36.8 Å². The summed E-state index contributed by atoms with van der Waals surface area (Å²) in [5, 5.41) is -0.792. The third-order valence-electron chi connectivity index (χ3n) is 2.69. The van der Waals surface area contributed by atoms with E-state index in [-0.39, 0.29) is 4.90 Å². The van der Waals surface area contributed by atoms with Gasteiger partial charge in [0.2, 0.25) is 0 Å². The maximum absolute atomic E-state index is 12.4. The van der Waals surface area contributed by atoms with Crippen LogP contribution in [0.2, 0.25) is 0 Å². The smallest absolute Gasteiger partial charge is 0.185 e. The van der Waals surface area contributed by atoms with Gasteiger partial charge in [0.15, 0.2) is 9.84 Å². The third kappa shape index (κ3) is 2.65. The summed E-state index contributed by atoms with van der Waals surface area (Å²) in [5.41, 5.74) is 0.695. The lowest BCUT2D eigenvalue weighted by atomic mass is 10.2. The van der Waals surface area contributed by atoms with Gasteiger partial charge in [-0.25, -0.2) is 8.42 Å². The first-order valence-electron chi connectivity index (χ1n) is 5.39. The monoisotopic (exact) mass is 323 g/mol. The Balaban J connectivity index is 2.40. The minimum absolute atomic E-state index is 0.287. The minimum Gasteiger partial charge on any atom is -0.223 e. The summed E-state index contributed by atoms with van der Waals surface area (Å²) in [6, 6.07) is 15.6. The fourth-order valence-corrected chi connectivity index (χ4v) is 3.26. The fourth-order valence-electron chi connectivity index (χ4n) is 1.64. The van der Waals surface area contributed by atoms with Crippen molar-refractivity contribution in [3.8, 4) is 0 Å². The summed E-state index contributed by atoms with van der Waals surface area (Å²) in [5.74, 6) is 0. The highest BCUT2D eigenvalue weighted by Crippen LogP contribution is 2.28. The van der Waals surface area contributed by atoms with Crippen LogP contribution in [-0.2, 0) is 9.84 Å². The number of sulfone groups is 1. The number of hydrogen-bond acceptors (Lipinski definition) is 2. The van der Waals surface area contributed by atoms with Crippen molar-refractivity contribution in [1.29, 1.82) is 0 Å². The molecule has 0 N–H and O–H groups in total. The van der Waals surface area contributed by atoms with Crippen molar-refractivity contribution in [3.63, 3.8) is 0 Å². The Hall–Kier alpha value is -1.13. The van der Waals surface area contributed by atoms with Crippen LogP contribution in [0.25, 0.3) is 0 Å². The largest absolute Gasteiger partial charge is 0.223 e. The molecule has 0 aliphatic rings. The highest BCUT2D eigenvalue weighted by Gasteiger charge is 2.24. The molecule has 1 atom stereocenters. The van der Waals surface area contributed by atoms with Gasteiger partial charge in [0.25, 0.3) is 0 Å². The van der Waals surface area contributed by atoms with Crippen LogP contribution < -0.4 is 0 Å². The number of hydrogen-bond donors (Lipinski definition) is 0. The standard InChI is InChI=1S/C14H12BrO2S/c1-11(12-5-3-2-4-6-12)18(16,17)14-9-7-13(15)8-10-14/h2-11H,1H2. The normalized spacial score (nSPS) is 13.2. The zero-order chi connectivity index (χ0) is 13.2. The molecule has 93 valence electrons. The van der Waals surface area contributed by atoms with Crippen molar-refractivity contribution in [2.24, 2.45) is 0 Å². The second kappa shape index (κ2) is 5.24. The van der Waals surface area contributed by atoms with E-state index in [0.29, 0.717) is 5.56 Å². The molecule has 0 aliphatic carbocycles. The third-order valence-corrected chi connectivity index (χ3v) is 5.17. The Morgan fingerprint density at radius 1 is 0.944 bits per heavy atom. The number of halogens is 1. The molecule has 2 aromatic carbocycles. The van der Waals surface area contributed by atoms with Gasteiger partial charge < -0.3 is 0 Å². The second-order valence-electron chi connectivity index (χ2n) is 3.90. The molecule has 0 heterocycles. The van der Waals surface area contributed by atoms with E-state index in [1.165, 1.54) is 0 Å². The van der Waals surface area contributed by atoms with Crippen LogP contribution in [0.4, 0.5) is 0 Å². The van der Waals surface area contributed by atoms with Gasteiger partial charge in [0.1, 0.15) is 0 Å². The number of rotatable bonds is 3. The second-order valence-corrected chi connectivity index (χ2v) is 6.94. The summed E-state index contributed by atoms with van der Waals surface area (Å²) in [6.45, 7) is 3.78. The summed E-state index contributed by atoms with van der Waals surface area (Å²) in [4.78, 5) is 0.287. The predicted octanol–water partition coefficient (Wildman–Crippen LogP) is 3.80. The predicted molar refractivity (Wildman–Crippen MR) is 75.9 cm³/mol. The lowest BCUT2D eigenvalue weighted by Crippen LogP contribution is -2.10. The Labute approximate surface area is 116 Å². The highest BCUT2D eigenvalue weighted by atomic mass is 79.9. The molecule has 2 aromatic rings. The molecule has 0 bridgehead atoms. The van der Waals surface area contributed by atoms with Crippen LogP contribution >= 0.6 is 15.9 Å². The Morgan fingerprint density at radius 3 is 2.06 bits per heavy atom. The average molecular weight is 324 g/mol. The fraction of sp³-hybridized carbons (Fsp3) is 0.0714. The molecule has 4 heteroatoms. The first-order chi connectivity index (χ1) is 8.51. The van der Waals surface area contributed by atoms with Crippen molar-refractivity contribution in [2.75, 3.05) is 0 Å². The van der Waals surface area contributed by atoms with Crippen molar-refractivity contribution in [2.45, 2.75) is 10.1 Å². The molecule has 0 saturated carbocycles. The van der Waals surface area contributed by atoms with Gasteiger partial charge in [-0.3, -0.25) is 0 Å². The van der Waals surface area contributed by atoms with Gasteiger partial charge in [0, 0.05) is 4.47 Å². The molecule has 0 fully saturated rings. The topological polar surface area (TPSA) is 34.1 Å². The Bertz CT molecular complexity index is 619. The van der Waals surface area contributed by atoms with Crippen LogP contribution in [-0.4, -0.2) is 8.42 Å². The molecule has 0 amide bonds. The van der Waals surface area contributed by atoms with Crippen LogP contribution in [0.1, 0.15) is 10.8 Å². The highest BCUT2D eigenvalue weighted by molar-refractivity contribution is 9.10. The van der Waals surface area contributed by atoms with E-state index in [9.17, 15) is 8.42 Å². The van der Waals surface area contributed by atoms with E-state index in [0.717, 1.165) is 4.47 Å².